The fraction of sp³-hybridized carbons (Fsp3) is 0.290. The lowest BCUT2D eigenvalue weighted by Gasteiger charge is -2.23. The Morgan fingerprint density at radius 1 is 1.05 bits per heavy atom. The van der Waals surface area contributed by atoms with E-state index < -0.39 is 5.97 Å². The minimum absolute atomic E-state index is 0.158. The minimum atomic E-state index is -0.981. The predicted octanol–water partition coefficient (Wildman–Crippen LogP) is 8.29. The van der Waals surface area contributed by atoms with Crippen LogP contribution in [0.1, 0.15) is 72.3 Å². The van der Waals surface area contributed by atoms with Crippen molar-refractivity contribution < 1.29 is 19.4 Å². The molecule has 0 atom stereocenters. The number of aromatic carboxylic acids is 1. The summed E-state index contributed by atoms with van der Waals surface area (Å²) in [6, 6.07) is 13.9. The lowest BCUT2D eigenvalue weighted by molar-refractivity contribution is 0.0697. The lowest BCUT2D eigenvalue weighted by Crippen LogP contribution is -2.25. The largest absolute Gasteiger partial charge is 0.490 e. The molecule has 0 saturated heterocycles. The zero-order valence-corrected chi connectivity index (χ0v) is 27.5. The molecule has 11 heteroatoms. The van der Waals surface area contributed by atoms with E-state index in [4.69, 9.17) is 19.6 Å². The second kappa shape index (κ2) is 13.5. The number of nitrogens with zero attached hydrogens (tertiary/aromatic N) is 3. The maximum atomic E-state index is 13.7. The van der Waals surface area contributed by atoms with Crippen molar-refractivity contribution >= 4 is 70.9 Å². The normalized spacial score (nSPS) is 14.0. The lowest BCUT2D eigenvalue weighted by atomic mass is 9.88. The third-order valence-corrected chi connectivity index (χ3v) is 9.79. The Hall–Kier alpha value is -3.02. The van der Waals surface area contributed by atoms with Crippen LogP contribution in [0.25, 0.3) is 10.9 Å². The van der Waals surface area contributed by atoms with Crippen molar-refractivity contribution in [3.8, 4) is 11.5 Å². The fourth-order valence-corrected chi connectivity index (χ4v) is 6.31. The van der Waals surface area contributed by atoms with Crippen LogP contribution in [0.5, 0.6) is 11.5 Å². The molecule has 1 fully saturated rings. The van der Waals surface area contributed by atoms with E-state index in [1.54, 1.807) is 42.6 Å². The Labute approximate surface area is 268 Å². The number of hydrogen-bond donors (Lipinski definition) is 1. The Morgan fingerprint density at radius 2 is 1.79 bits per heavy atom. The van der Waals surface area contributed by atoms with Crippen LogP contribution in [0.3, 0.4) is 0 Å². The van der Waals surface area contributed by atoms with Crippen LogP contribution in [0.2, 0.25) is 0 Å². The smallest absolute Gasteiger partial charge is 0.335 e. The summed E-state index contributed by atoms with van der Waals surface area (Å²) in [5.74, 6) is 0.841. The van der Waals surface area contributed by atoms with E-state index in [-0.39, 0.29) is 23.6 Å². The number of carboxylic acids is 1. The van der Waals surface area contributed by atoms with E-state index >= 15 is 0 Å². The van der Waals surface area contributed by atoms with Gasteiger partial charge in [-0.3, -0.25) is 4.79 Å². The monoisotopic (exact) mass is 759 g/mol. The van der Waals surface area contributed by atoms with Gasteiger partial charge in [0.15, 0.2) is 11.5 Å². The molecule has 8 nitrogen and oxygen atoms in total. The molecule has 0 aliphatic heterocycles. The van der Waals surface area contributed by atoms with Gasteiger partial charge < -0.3 is 14.6 Å². The first-order chi connectivity index (χ1) is 20.3. The SMILES string of the molecule is CCOc1cc(C=Nn2c(C3CCCCC3)nc3ccc(Br)cc3c2=O)c(Br)c(Br)c1OCc1ccc(C(=O)O)cc1. The van der Waals surface area contributed by atoms with Gasteiger partial charge in [0, 0.05) is 20.4 Å². The van der Waals surface area contributed by atoms with Gasteiger partial charge in [-0.2, -0.15) is 9.78 Å². The summed E-state index contributed by atoms with van der Waals surface area (Å²) in [6.45, 7) is 2.49. The Morgan fingerprint density at radius 3 is 2.48 bits per heavy atom. The predicted molar refractivity (Wildman–Crippen MR) is 173 cm³/mol. The summed E-state index contributed by atoms with van der Waals surface area (Å²) >= 11 is 10.8. The van der Waals surface area contributed by atoms with E-state index in [2.05, 4.69) is 52.9 Å². The zero-order valence-electron chi connectivity index (χ0n) is 22.8. The van der Waals surface area contributed by atoms with Crippen LogP contribution < -0.4 is 15.0 Å². The quantitative estimate of drug-likeness (QED) is 0.172. The molecule has 1 saturated carbocycles. The van der Waals surface area contributed by atoms with Crippen molar-refractivity contribution in [2.24, 2.45) is 5.10 Å². The zero-order chi connectivity index (χ0) is 29.8. The van der Waals surface area contributed by atoms with Gasteiger partial charge in [-0.05, 0) is 93.6 Å². The van der Waals surface area contributed by atoms with Gasteiger partial charge in [0.1, 0.15) is 12.4 Å². The molecule has 1 N–H and O–H groups in total. The molecule has 218 valence electrons. The molecule has 3 aromatic carbocycles. The van der Waals surface area contributed by atoms with E-state index in [9.17, 15) is 9.59 Å². The number of ether oxygens (including phenoxy) is 2. The maximum Gasteiger partial charge on any atom is 0.335 e. The van der Waals surface area contributed by atoms with Crippen LogP contribution in [-0.2, 0) is 6.61 Å². The molecule has 42 heavy (non-hydrogen) atoms. The number of aromatic nitrogens is 2. The molecule has 0 spiro atoms. The summed E-state index contributed by atoms with van der Waals surface area (Å²) in [7, 11) is 0. The van der Waals surface area contributed by atoms with E-state index in [0.717, 1.165) is 35.7 Å². The third-order valence-electron chi connectivity index (χ3n) is 7.16. The van der Waals surface area contributed by atoms with Crippen molar-refractivity contribution in [1.82, 2.24) is 9.66 Å². The number of carboxylic acid groups (broad SMARTS) is 1. The van der Waals surface area contributed by atoms with E-state index in [1.807, 2.05) is 19.1 Å². The second-order valence-corrected chi connectivity index (χ2v) is 12.5. The van der Waals surface area contributed by atoms with Gasteiger partial charge in [0.2, 0.25) is 0 Å². The number of benzene rings is 3. The number of fused-ring (bicyclic) bond motifs is 1. The van der Waals surface area contributed by atoms with Crippen LogP contribution in [0.15, 0.2) is 71.8 Å². The van der Waals surface area contributed by atoms with Crippen LogP contribution in [0.4, 0.5) is 0 Å². The summed E-state index contributed by atoms with van der Waals surface area (Å²) in [4.78, 5) is 29.8. The molecule has 4 aromatic rings. The highest BCUT2D eigenvalue weighted by atomic mass is 79.9. The molecule has 5 rings (SSSR count). The van der Waals surface area contributed by atoms with Crippen molar-refractivity contribution in [2.75, 3.05) is 6.61 Å². The van der Waals surface area contributed by atoms with Gasteiger partial charge >= 0.3 is 5.97 Å². The Kier molecular flexibility index (Phi) is 9.80. The summed E-state index contributed by atoms with van der Waals surface area (Å²) < 4.78 is 15.6. The summed E-state index contributed by atoms with van der Waals surface area (Å²) in [5, 5.41) is 14.3. The molecular weight excluding hydrogens is 734 g/mol. The highest BCUT2D eigenvalue weighted by Gasteiger charge is 2.23. The number of rotatable bonds is 9. The van der Waals surface area contributed by atoms with Crippen molar-refractivity contribution in [3.05, 3.63) is 94.8 Å². The van der Waals surface area contributed by atoms with E-state index in [0.29, 0.717) is 49.3 Å². The third kappa shape index (κ3) is 6.63. The van der Waals surface area contributed by atoms with Gasteiger partial charge in [0.25, 0.3) is 5.56 Å². The van der Waals surface area contributed by atoms with Gasteiger partial charge in [-0.15, -0.1) is 0 Å². The average Bonchev–Trinajstić information content (AvgIpc) is 2.99. The molecule has 0 bridgehead atoms. The molecule has 0 radical (unpaired) electrons. The first kappa shape index (κ1) is 30.4. The topological polar surface area (TPSA) is 103 Å². The van der Waals surface area contributed by atoms with Gasteiger partial charge in [0.05, 0.1) is 33.8 Å². The molecule has 1 aliphatic carbocycles. The fourth-order valence-electron chi connectivity index (χ4n) is 5.02. The molecule has 1 heterocycles. The Bertz CT molecular complexity index is 1710. The second-order valence-electron chi connectivity index (χ2n) is 9.97. The molecule has 1 aromatic heterocycles. The minimum Gasteiger partial charge on any atom is -0.490 e. The molecular formula is C31H28Br3N3O5. The van der Waals surface area contributed by atoms with Crippen molar-refractivity contribution in [3.63, 3.8) is 0 Å². The standard InChI is InChI=1S/C31H28Br3N3O5/c1-2-41-25-14-21(26(33)27(34)28(25)42-17-18-8-10-20(11-9-18)31(39)40)16-35-37-29(19-6-4-3-5-7-19)36-24-13-12-22(32)15-23(24)30(37)38/h8-16,19H,2-7,17H2,1H3,(H,39,40). The average molecular weight is 762 g/mol. The maximum absolute atomic E-state index is 13.7. The highest BCUT2D eigenvalue weighted by Crippen LogP contribution is 2.43. The first-order valence-corrected chi connectivity index (χ1v) is 16.0. The number of carbonyl (C=O) groups is 1. The summed E-state index contributed by atoms with van der Waals surface area (Å²) in [5.41, 5.74) is 2.14. The first-order valence-electron chi connectivity index (χ1n) is 13.6. The molecule has 0 unspecified atom stereocenters. The Balaban J connectivity index is 1.51. The van der Waals surface area contributed by atoms with Crippen LogP contribution in [-0.4, -0.2) is 33.6 Å². The van der Waals surface area contributed by atoms with Gasteiger partial charge in [-0.1, -0.05) is 47.3 Å². The van der Waals surface area contributed by atoms with Crippen molar-refractivity contribution in [2.45, 2.75) is 51.6 Å². The number of hydrogen-bond acceptors (Lipinski definition) is 6. The van der Waals surface area contributed by atoms with Crippen molar-refractivity contribution in [1.29, 1.82) is 0 Å². The molecule has 1 aliphatic rings. The van der Waals surface area contributed by atoms with Crippen LogP contribution in [0, 0.1) is 0 Å². The molecule has 0 amide bonds. The number of halogens is 3. The van der Waals surface area contributed by atoms with E-state index in [1.165, 1.54) is 11.1 Å². The van der Waals surface area contributed by atoms with Gasteiger partial charge in [-0.25, -0.2) is 9.78 Å². The summed E-state index contributed by atoms with van der Waals surface area (Å²) in [6.07, 6.45) is 6.96. The van der Waals surface area contributed by atoms with Crippen LogP contribution >= 0.6 is 47.8 Å². The highest BCUT2D eigenvalue weighted by molar-refractivity contribution is 9.13.